The van der Waals surface area contributed by atoms with Crippen LogP contribution in [0.1, 0.15) is 398 Å². The van der Waals surface area contributed by atoms with Crippen molar-refractivity contribution < 1.29 is 0 Å². The second-order valence-electron chi connectivity index (χ2n) is 25.1. The van der Waals surface area contributed by atoms with Crippen LogP contribution in [0, 0.1) is 11.3 Å². The standard InChI is InChI=1S/C70H142S6/c71-63-53-45-37-29-21-13-5-1-9-17-25-33-41-49-58-68(59-57-67-75)70(61-51-43-35-27-19-11-3-7-15-23-31-39-47-55-65-73,62-52-44-36-28-20-12-4-8-16-24-32-40-48-56-66-74)69(76)60-50-42-34-26-18-10-2-6-14-22-30-38-46-54-64-72/h68-69,71-76H,1-67H2. The summed E-state index contributed by atoms with van der Waals surface area (Å²) in [7, 11) is 0. The smallest absolute Gasteiger partial charge is 0.00759 e. The third-order valence-corrected chi connectivity index (χ3v) is 20.5. The van der Waals surface area contributed by atoms with E-state index in [1.807, 2.05) is 0 Å². The van der Waals surface area contributed by atoms with Crippen molar-refractivity contribution in [3.05, 3.63) is 0 Å². The highest BCUT2D eigenvalue weighted by molar-refractivity contribution is 7.81. The lowest BCUT2D eigenvalue weighted by atomic mass is 9.62. The van der Waals surface area contributed by atoms with E-state index in [2.05, 4.69) is 50.5 Å². The Morgan fingerprint density at radius 1 is 0.171 bits per heavy atom. The van der Waals surface area contributed by atoms with Gasteiger partial charge in [-0.25, -0.2) is 0 Å². The molecule has 0 saturated heterocycles. The fraction of sp³-hybridized carbons (Fsp3) is 1.00. The molecule has 0 amide bonds. The van der Waals surface area contributed by atoms with Gasteiger partial charge in [-0.15, -0.1) is 0 Å². The molecular weight excluding hydrogens is 1030 g/mol. The van der Waals surface area contributed by atoms with E-state index >= 15 is 0 Å². The molecule has 0 radical (unpaired) electrons. The van der Waals surface area contributed by atoms with Gasteiger partial charge in [-0.1, -0.05) is 334 Å². The number of hydrogen-bond acceptors (Lipinski definition) is 6. The fourth-order valence-corrected chi connectivity index (χ4v) is 14.8. The Morgan fingerprint density at radius 2 is 0.329 bits per heavy atom. The predicted molar refractivity (Wildman–Crippen MR) is 374 cm³/mol. The second kappa shape index (κ2) is 67.9. The van der Waals surface area contributed by atoms with Crippen molar-refractivity contribution in [1.29, 1.82) is 0 Å². The topological polar surface area (TPSA) is 0 Å². The molecule has 0 saturated carbocycles. The van der Waals surface area contributed by atoms with Crippen LogP contribution in [-0.2, 0) is 0 Å². The molecule has 0 spiro atoms. The van der Waals surface area contributed by atoms with Crippen LogP contribution in [0.4, 0.5) is 0 Å². The molecule has 458 valence electrons. The zero-order valence-electron chi connectivity index (χ0n) is 51.7. The lowest BCUT2D eigenvalue weighted by Gasteiger charge is -2.46. The Morgan fingerprint density at radius 3 is 0.539 bits per heavy atom. The van der Waals surface area contributed by atoms with Crippen molar-refractivity contribution in [2.75, 3.05) is 28.8 Å². The van der Waals surface area contributed by atoms with E-state index in [9.17, 15) is 0 Å². The van der Waals surface area contributed by atoms with Gasteiger partial charge in [0.05, 0.1) is 0 Å². The van der Waals surface area contributed by atoms with E-state index < -0.39 is 0 Å². The van der Waals surface area contributed by atoms with E-state index in [0.29, 0.717) is 10.7 Å². The maximum Gasteiger partial charge on any atom is 0.00759 e. The molecule has 0 aromatic carbocycles. The average molecular weight is 1180 g/mol. The highest BCUT2D eigenvalue weighted by Crippen LogP contribution is 2.50. The normalized spacial score (nSPS) is 12.9. The van der Waals surface area contributed by atoms with Crippen molar-refractivity contribution in [2.24, 2.45) is 11.3 Å². The molecule has 0 rings (SSSR count). The van der Waals surface area contributed by atoms with E-state index in [-0.39, 0.29) is 0 Å². The summed E-state index contributed by atoms with van der Waals surface area (Å²) in [4.78, 5) is 0. The molecule has 2 atom stereocenters. The molecule has 0 bridgehead atoms. The average Bonchev–Trinajstić information content (AvgIpc) is 3.43. The Bertz CT molecular complexity index is 990. The van der Waals surface area contributed by atoms with E-state index in [1.54, 1.807) is 0 Å². The highest BCUT2D eigenvalue weighted by Gasteiger charge is 2.42. The summed E-state index contributed by atoms with van der Waals surface area (Å²) in [5, 5.41) is 0.550. The number of rotatable bonds is 69. The fourth-order valence-electron chi connectivity index (χ4n) is 13.1. The van der Waals surface area contributed by atoms with Crippen LogP contribution in [0.2, 0.25) is 0 Å². The monoisotopic (exact) mass is 1170 g/mol. The molecule has 0 aliphatic heterocycles. The predicted octanol–water partition coefficient (Wildman–Crippen LogP) is 26.7. The summed E-state index contributed by atoms with van der Waals surface area (Å²) < 4.78 is 0. The van der Waals surface area contributed by atoms with Gasteiger partial charge in [0.25, 0.3) is 0 Å². The first-order valence-electron chi connectivity index (χ1n) is 35.3. The third-order valence-electron chi connectivity index (χ3n) is 18.1. The first-order chi connectivity index (χ1) is 37.6. The van der Waals surface area contributed by atoms with Gasteiger partial charge in [0.15, 0.2) is 0 Å². The highest BCUT2D eigenvalue weighted by atomic mass is 32.1. The van der Waals surface area contributed by atoms with Gasteiger partial charge in [0, 0.05) is 5.25 Å². The Balaban J connectivity index is 5.52. The van der Waals surface area contributed by atoms with Gasteiger partial charge in [-0.2, -0.15) is 75.8 Å². The summed E-state index contributed by atoms with van der Waals surface area (Å²) in [6.07, 6.45) is 88.4. The maximum atomic E-state index is 5.87. The zero-order chi connectivity index (χ0) is 55.0. The largest absolute Gasteiger partial charge is 0.179 e. The van der Waals surface area contributed by atoms with Gasteiger partial charge >= 0.3 is 0 Å². The van der Waals surface area contributed by atoms with Crippen LogP contribution >= 0.6 is 75.8 Å². The van der Waals surface area contributed by atoms with Crippen LogP contribution in [-0.4, -0.2) is 34.0 Å². The van der Waals surface area contributed by atoms with Crippen molar-refractivity contribution in [2.45, 2.75) is 403 Å². The van der Waals surface area contributed by atoms with Gasteiger partial charge in [-0.05, 0) is 104 Å². The summed E-state index contributed by atoms with van der Waals surface area (Å²) in [5.74, 6) is 6.10. The zero-order valence-corrected chi connectivity index (χ0v) is 57.1. The van der Waals surface area contributed by atoms with Crippen LogP contribution in [0.5, 0.6) is 0 Å². The van der Waals surface area contributed by atoms with Crippen molar-refractivity contribution in [3.8, 4) is 0 Å². The minimum atomic E-state index is 0.394. The van der Waals surface area contributed by atoms with Gasteiger partial charge in [0.1, 0.15) is 0 Å². The van der Waals surface area contributed by atoms with Crippen LogP contribution in [0.15, 0.2) is 0 Å². The maximum absolute atomic E-state index is 5.87. The van der Waals surface area contributed by atoms with E-state index in [0.717, 1.165) is 34.7 Å². The molecular formula is C70H142S6. The van der Waals surface area contributed by atoms with Crippen LogP contribution in [0.3, 0.4) is 0 Å². The SMILES string of the molecule is SCCCCCCCCCCCCCCCCC(S)C(CCCCCCCCCCCCCCCCS)(CCCCCCCCCCCCCCCCS)C(CCCS)CCCCCCCCCCCCCCCCS. The van der Waals surface area contributed by atoms with E-state index in [4.69, 9.17) is 25.3 Å². The lowest BCUT2D eigenvalue weighted by Crippen LogP contribution is -2.40. The lowest BCUT2D eigenvalue weighted by molar-refractivity contribution is 0.0910. The molecule has 6 heteroatoms. The van der Waals surface area contributed by atoms with Crippen molar-refractivity contribution >= 4 is 75.8 Å². The molecule has 0 N–H and O–H groups in total. The number of hydrogen-bond donors (Lipinski definition) is 6. The molecule has 0 heterocycles. The summed E-state index contributed by atoms with van der Waals surface area (Å²) in [5.41, 5.74) is 0.394. The van der Waals surface area contributed by atoms with Crippen LogP contribution in [0.25, 0.3) is 0 Å². The van der Waals surface area contributed by atoms with Gasteiger partial charge < -0.3 is 0 Å². The molecule has 0 aliphatic rings. The number of thiol groups is 6. The molecule has 0 aromatic rings. The molecule has 76 heavy (non-hydrogen) atoms. The summed E-state index contributed by atoms with van der Waals surface area (Å²) in [6.45, 7) is 0. The quantitative estimate of drug-likeness (QED) is 0.0254. The van der Waals surface area contributed by atoms with Crippen molar-refractivity contribution in [3.63, 3.8) is 0 Å². The molecule has 0 aromatic heterocycles. The first-order valence-corrected chi connectivity index (χ1v) is 39.0. The van der Waals surface area contributed by atoms with Crippen LogP contribution < -0.4 is 0 Å². The minimum absolute atomic E-state index is 0.394. The summed E-state index contributed by atoms with van der Waals surface area (Å²) in [6, 6.07) is 0. The molecule has 0 nitrogen and oxygen atoms in total. The number of unbranched alkanes of at least 4 members (excludes halogenated alkanes) is 52. The first kappa shape index (κ1) is 78.1. The van der Waals surface area contributed by atoms with E-state index in [1.165, 1.54) is 398 Å². The summed E-state index contributed by atoms with van der Waals surface area (Å²) >= 11 is 28.3. The second-order valence-corrected chi connectivity index (χ2v) is 27.9. The van der Waals surface area contributed by atoms with Gasteiger partial charge in [0.2, 0.25) is 0 Å². The molecule has 2 unspecified atom stereocenters. The Hall–Kier alpha value is 2.10. The minimum Gasteiger partial charge on any atom is -0.179 e. The van der Waals surface area contributed by atoms with Gasteiger partial charge in [-0.3, -0.25) is 0 Å². The van der Waals surface area contributed by atoms with Crippen molar-refractivity contribution in [1.82, 2.24) is 0 Å². The Kier molecular flexibility index (Phi) is 69.8. The Labute approximate surface area is 515 Å². The third kappa shape index (κ3) is 55.3. The molecule has 0 aliphatic carbocycles. The molecule has 0 fully saturated rings.